The van der Waals surface area contributed by atoms with E-state index in [1.165, 1.54) is 81.0 Å². The average Bonchev–Trinajstić information content (AvgIpc) is 3.81. The summed E-state index contributed by atoms with van der Waals surface area (Å²) >= 11 is 1.89. The van der Waals surface area contributed by atoms with E-state index >= 15 is 0 Å². The van der Waals surface area contributed by atoms with Gasteiger partial charge in [-0.25, -0.2) is 0 Å². The van der Waals surface area contributed by atoms with E-state index in [-0.39, 0.29) is 5.41 Å². The molecule has 59 heavy (non-hydrogen) atoms. The highest BCUT2D eigenvalue weighted by molar-refractivity contribution is 7.26. The van der Waals surface area contributed by atoms with Crippen molar-refractivity contribution in [1.29, 1.82) is 0 Å². The van der Waals surface area contributed by atoms with Crippen molar-refractivity contribution in [2.75, 3.05) is 4.90 Å². The molecule has 0 aliphatic heterocycles. The molecule has 0 spiro atoms. The molecule has 0 unspecified atom stereocenters. The fraction of sp³-hybridized carbons (Fsp3) is 0.0877. The predicted molar refractivity (Wildman–Crippen MR) is 253 cm³/mol. The molecule has 9 aromatic carbocycles. The third-order valence-corrected chi connectivity index (χ3v) is 13.7. The summed E-state index contributed by atoms with van der Waals surface area (Å²) in [7, 11) is 0. The summed E-state index contributed by atoms with van der Waals surface area (Å²) in [5.41, 5.74) is 14.5. The molecule has 2 heteroatoms. The van der Waals surface area contributed by atoms with Gasteiger partial charge >= 0.3 is 0 Å². The van der Waals surface area contributed by atoms with Crippen LogP contribution in [0.4, 0.5) is 17.1 Å². The lowest BCUT2D eigenvalue weighted by Gasteiger charge is -2.34. The molecule has 10 aromatic rings. The van der Waals surface area contributed by atoms with Gasteiger partial charge in [-0.05, 0) is 91.5 Å². The number of anilines is 3. The molecular formula is C57H43NS. The largest absolute Gasteiger partial charge is 0.310 e. The monoisotopic (exact) mass is 773 g/mol. The maximum Gasteiger partial charge on any atom is 0.0713 e. The molecule has 1 aromatic heterocycles. The Bertz CT molecular complexity index is 3150. The van der Waals surface area contributed by atoms with Crippen LogP contribution in [-0.4, -0.2) is 0 Å². The minimum atomic E-state index is -0.461. The van der Waals surface area contributed by atoms with Gasteiger partial charge in [-0.3, -0.25) is 0 Å². The lowest BCUT2D eigenvalue weighted by Crippen LogP contribution is -2.28. The van der Waals surface area contributed by atoms with Crippen molar-refractivity contribution in [2.45, 2.75) is 31.6 Å². The highest BCUT2D eigenvalue weighted by atomic mass is 32.1. The van der Waals surface area contributed by atoms with Crippen molar-refractivity contribution < 1.29 is 0 Å². The second-order valence-electron chi connectivity index (χ2n) is 16.9. The number of thiophene rings is 1. The quantitative estimate of drug-likeness (QED) is 0.163. The van der Waals surface area contributed by atoms with Crippen LogP contribution in [0.5, 0.6) is 0 Å². The Kier molecular flexibility index (Phi) is 8.22. The fourth-order valence-corrected chi connectivity index (χ4v) is 11.0. The number of hydrogen-bond acceptors (Lipinski definition) is 2. The Hall–Kier alpha value is -6.74. The fourth-order valence-electron chi connectivity index (χ4n) is 9.79. The Balaban J connectivity index is 1.21. The zero-order valence-corrected chi connectivity index (χ0v) is 34.3. The molecule has 0 bridgehead atoms. The summed E-state index contributed by atoms with van der Waals surface area (Å²) in [5, 5.41) is 5.08. The summed E-state index contributed by atoms with van der Waals surface area (Å²) in [6.07, 6.45) is 0. The molecule has 0 saturated carbocycles. The zero-order chi connectivity index (χ0) is 39.7. The molecule has 0 radical (unpaired) electrons. The maximum atomic E-state index is 2.51. The zero-order valence-electron chi connectivity index (χ0n) is 33.5. The Labute approximate surface area is 350 Å². The molecule has 0 saturated heterocycles. The lowest BCUT2D eigenvalue weighted by molar-refractivity contribution is 0.590. The minimum absolute atomic E-state index is 0.0315. The van der Waals surface area contributed by atoms with E-state index in [4.69, 9.17) is 0 Å². The molecular weight excluding hydrogens is 731 g/mol. The molecule has 1 aliphatic carbocycles. The van der Waals surface area contributed by atoms with Crippen molar-refractivity contribution in [3.8, 4) is 22.3 Å². The van der Waals surface area contributed by atoms with Gasteiger partial charge in [-0.15, -0.1) is 11.3 Å². The summed E-state index contributed by atoms with van der Waals surface area (Å²) in [4.78, 5) is 2.51. The van der Waals surface area contributed by atoms with Gasteiger partial charge < -0.3 is 4.90 Å². The van der Waals surface area contributed by atoms with Crippen molar-refractivity contribution >= 4 is 59.3 Å². The summed E-state index contributed by atoms with van der Waals surface area (Å²) in [6.45, 7) is 6.86. The van der Waals surface area contributed by atoms with Crippen LogP contribution in [-0.2, 0) is 10.8 Å². The second-order valence-corrected chi connectivity index (χ2v) is 17.9. The van der Waals surface area contributed by atoms with E-state index in [2.05, 4.69) is 232 Å². The van der Waals surface area contributed by atoms with Crippen LogP contribution in [0, 0.1) is 0 Å². The normalized spacial score (nSPS) is 13.1. The van der Waals surface area contributed by atoms with Crippen molar-refractivity contribution in [2.24, 2.45) is 0 Å². The van der Waals surface area contributed by atoms with Crippen molar-refractivity contribution in [3.05, 3.63) is 234 Å². The van der Waals surface area contributed by atoms with Crippen molar-refractivity contribution in [3.63, 3.8) is 0 Å². The SMILES string of the molecule is CC(C)(C)c1ccc(N(c2ccc3c(c2)-c2ccccc2C3(c2ccccc2)c2ccccc2)c2ccc3ccccc3c2-c2cccc3c2sc2ccccc23)cc1. The number of hydrogen-bond donors (Lipinski definition) is 0. The van der Waals surface area contributed by atoms with Gasteiger partial charge in [-0.1, -0.05) is 191 Å². The minimum Gasteiger partial charge on any atom is -0.310 e. The molecule has 1 aliphatic rings. The number of nitrogens with zero attached hydrogens (tertiary/aromatic N) is 1. The highest BCUT2D eigenvalue weighted by Gasteiger charge is 2.46. The van der Waals surface area contributed by atoms with Crippen molar-refractivity contribution in [1.82, 2.24) is 0 Å². The smallest absolute Gasteiger partial charge is 0.0713 e. The number of benzene rings is 9. The van der Waals surface area contributed by atoms with Crippen LogP contribution in [0.3, 0.4) is 0 Å². The second kappa shape index (κ2) is 13.7. The number of fused-ring (bicyclic) bond motifs is 7. The van der Waals surface area contributed by atoms with Crippen LogP contribution in [0.1, 0.15) is 48.6 Å². The molecule has 1 nitrogen and oxygen atoms in total. The first-order valence-electron chi connectivity index (χ1n) is 20.6. The Morgan fingerprint density at radius 2 is 1.03 bits per heavy atom. The summed E-state index contributed by atoms with van der Waals surface area (Å²) < 4.78 is 2.62. The summed E-state index contributed by atoms with van der Waals surface area (Å²) in [6, 6.07) is 76.9. The molecule has 1 heterocycles. The van der Waals surface area contributed by atoms with Crippen LogP contribution in [0.2, 0.25) is 0 Å². The molecule has 11 rings (SSSR count). The van der Waals surface area contributed by atoms with E-state index in [0.717, 1.165) is 17.1 Å². The van der Waals surface area contributed by atoms with Gasteiger partial charge in [0.25, 0.3) is 0 Å². The first-order valence-corrected chi connectivity index (χ1v) is 21.4. The van der Waals surface area contributed by atoms with Crippen LogP contribution < -0.4 is 4.90 Å². The summed E-state index contributed by atoms with van der Waals surface area (Å²) in [5.74, 6) is 0. The van der Waals surface area contributed by atoms with Gasteiger partial charge in [0, 0.05) is 42.7 Å². The standard InChI is InChI=1S/C57H43NS/c1-56(2,3)39-30-32-42(33-31-39)58(52-36-29-38-17-10-11-22-44(38)54(52)48-26-16-25-47-46-24-13-15-28-53(46)59-55(47)48)43-34-35-51-49(37-43)45-23-12-14-27-50(45)57(51,40-18-6-4-7-19-40)41-20-8-5-9-21-41/h4-37H,1-3H3. The Morgan fingerprint density at radius 3 is 1.78 bits per heavy atom. The maximum absolute atomic E-state index is 2.51. The van der Waals surface area contributed by atoms with Gasteiger partial charge in [0.15, 0.2) is 0 Å². The molecule has 0 fully saturated rings. The molecule has 0 amide bonds. The van der Waals surface area contributed by atoms with E-state index in [0.29, 0.717) is 0 Å². The van der Waals surface area contributed by atoms with Gasteiger partial charge in [0.1, 0.15) is 0 Å². The molecule has 282 valence electrons. The highest BCUT2D eigenvalue weighted by Crippen LogP contribution is 2.58. The van der Waals surface area contributed by atoms with Crippen LogP contribution >= 0.6 is 11.3 Å². The lowest BCUT2D eigenvalue weighted by atomic mass is 9.68. The van der Waals surface area contributed by atoms with Crippen LogP contribution in [0.15, 0.2) is 206 Å². The van der Waals surface area contributed by atoms with Gasteiger partial charge in [0.05, 0.1) is 11.1 Å². The Morgan fingerprint density at radius 1 is 0.441 bits per heavy atom. The van der Waals surface area contributed by atoms with Gasteiger partial charge in [0.2, 0.25) is 0 Å². The number of rotatable bonds is 6. The van der Waals surface area contributed by atoms with E-state index in [9.17, 15) is 0 Å². The molecule has 0 atom stereocenters. The van der Waals surface area contributed by atoms with Crippen LogP contribution in [0.25, 0.3) is 53.2 Å². The molecule has 0 N–H and O–H groups in total. The van der Waals surface area contributed by atoms with E-state index < -0.39 is 5.41 Å². The third-order valence-electron chi connectivity index (χ3n) is 12.5. The van der Waals surface area contributed by atoms with Gasteiger partial charge in [-0.2, -0.15) is 0 Å². The first-order chi connectivity index (χ1) is 28.9. The van der Waals surface area contributed by atoms with E-state index in [1.807, 2.05) is 11.3 Å². The predicted octanol–water partition coefficient (Wildman–Crippen LogP) is 16.0. The van der Waals surface area contributed by atoms with E-state index in [1.54, 1.807) is 0 Å². The topological polar surface area (TPSA) is 3.24 Å². The third kappa shape index (κ3) is 5.51. The average molecular weight is 774 g/mol. The first kappa shape index (κ1) is 35.4.